The molecular weight excluding hydrogens is 390 g/mol. The van der Waals surface area contributed by atoms with E-state index in [1.54, 1.807) is 24.3 Å². The Hall–Kier alpha value is -2.98. The van der Waals surface area contributed by atoms with E-state index >= 15 is 0 Å². The highest BCUT2D eigenvalue weighted by Crippen LogP contribution is 2.15. The monoisotopic (exact) mass is 424 g/mol. The number of nitrogens with one attached hydrogen (secondary N) is 1. The summed E-state index contributed by atoms with van der Waals surface area (Å²) >= 11 is 0. The van der Waals surface area contributed by atoms with E-state index in [1.807, 2.05) is 0 Å². The fraction of sp³-hybridized carbons (Fsp3) is 0.480. The number of hydrogen-bond acceptors (Lipinski definition) is 4. The van der Waals surface area contributed by atoms with Crippen LogP contribution >= 0.6 is 0 Å². The normalized spacial score (nSPS) is 10.4. The van der Waals surface area contributed by atoms with Gasteiger partial charge in [0.2, 0.25) is 6.08 Å². The van der Waals surface area contributed by atoms with Crippen molar-refractivity contribution < 1.29 is 18.9 Å². The number of ether oxygens (including phenoxy) is 1. The standard InChI is InChI=1S/C25H33N3O3/c1-2-3-4-7-11-22-12-10-18-28(20-22)17-8-5-6-9-19-31-25(30)27-24-15-13-23(14-16-24)26-21-29/h10,12-16,18,20H,2-9,11,17,19H2,1H3/p+1. The molecule has 0 aliphatic rings. The molecule has 1 N–H and O–H groups in total. The van der Waals surface area contributed by atoms with E-state index in [0.29, 0.717) is 18.0 Å². The zero-order valence-corrected chi connectivity index (χ0v) is 18.5. The molecule has 2 aromatic rings. The van der Waals surface area contributed by atoms with E-state index in [2.05, 4.69) is 46.3 Å². The van der Waals surface area contributed by atoms with Crippen LogP contribution in [0.25, 0.3) is 0 Å². The third-order valence-corrected chi connectivity index (χ3v) is 5.07. The van der Waals surface area contributed by atoms with Gasteiger partial charge in [-0.1, -0.05) is 26.2 Å². The van der Waals surface area contributed by atoms with E-state index in [9.17, 15) is 9.59 Å². The predicted molar refractivity (Wildman–Crippen MR) is 122 cm³/mol. The third kappa shape index (κ3) is 10.6. The molecule has 0 fully saturated rings. The number of anilines is 1. The van der Waals surface area contributed by atoms with E-state index in [0.717, 1.165) is 38.6 Å². The van der Waals surface area contributed by atoms with Gasteiger partial charge in [-0.3, -0.25) is 5.32 Å². The molecule has 6 nitrogen and oxygen atoms in total. The van der Waals surface area contributed by atoms with Crippen molar-refractivity contribution in [2.75, 3.05) is 11.9 Å². The summed E-state index contributed by atoms with van der Waals surface area (Å²) in [6.45, 7) is 3.67. The van der Waals surface area contributed by atoms with Gasteiger partial charge in [0.05, 0.1) is 12.3 Å². The van der Waals surface area contributed by atoms with Crippen LogP contribution in [0.5, 0.6) is 0 Å². The van der Waals surface area contributed by atoms with E-state index in [4.69, 9.17) is 4.74 Å². The number of benzene rings is 1. The lowest BCUT2D eigenvalue weighted by atomic mass is 10.1. The number of carbonyl (C=O) groups excluding carboxylic acids is 2. The second kappa shape index (κ2) is 14.9. The molecular formula is C25H34N3O3+. The minimum Gasteiger partial charge on any atom is -0.449 e. The Labute approximate surface area is 185 Å². The summed E-state index contributed by atoms with van der Waals surface area (Å²) in [4.78, 5) is 25.5. The summed E-state index contributed by atoms with van der Waals surface area (Å²) in [5.41, 5.74) is 2.51. The first-order chi connectivity index (χ1) is 15.2. The van der Waals surface area contributed by atoms with Gasteiger partial charge in [-0.15, -0.1) is 0 Å². The minimum atomic E-state index is -0.474. The van der Waals surface area contributed by atoms with Crippen molar-refractivity contribution in [1.82, 2.24) is 0 Å². The van der Waals surface area contributed by atoms with Crippen molar-refractivity contribution in [1.29, 1.82) is 0 Å². The van der Waals surface area contributed by atoms with Gasteiger partial charge in [0.1, 0.15) is 6.54 Å². The van der Waals surface area contributed by atoms with Crippen LogP contribution in [-0.4, -0.2) is 18.8 Å². The number of nitrogens with zero attached hydrogens (tertiary/aromatic N) is 2. The highest BCUT2D eigenvalue weighted by molar-refractivity contribution is 5.84. The van der Waals surface area contributed by atoms with E-state index in [-0.39, 0.29) is 0 Å². The second-order valence-electron chi connectivity index (χ2n) is 7.69. The Kier molecular flexibility index (Phi) is 11.7. The number of hydrogen-bond donors (Lipinski definition) is 1. The average Bonchev–Trinajstić information content (AvgIpc) is 2.78. The van der Waals surface area contributed by atoms with Crippen molar-refractivity contribution in [2.24, 2.45) is 4.99 Å². The highest BCUT2D eigenvalue weighted by Gasteiger charge is 2.05. The van der Waals surface area contributed by atoms with Gasteiger partial charge < -0.3 is 4.74 Å². The number of isocyanates is 1. The van der Waals surface area contributed by atoms with Crippen LogP contribution < -0.4 is 9.88 Å². The van der Waals surface area contributed by atoms with Gasteiger partial charge in [-0.2, -0.15) is 4.99 Å². The molecule has 166 valence electrons. The number of rotatable bonds is 14. The molecule has 1 aromatic carbocycles. The molecule has 0 spiro atoms. The summed E-state index contributed by atoms with van der Waals surface area (Å²) < 4.78 is 7.50. The molecule has 6 heteroatoms. The molecule has 0 saturated heterocycles. The van der Waals surface area contributed by atoms with Gasteiger partial charge >= 0.3 is 6.09 Å². The van der Waals surface area contributed by atoms with Crippen LogP contribution in [0, 0.1) is 0 Å². The molecule has 0 aliphatic carbocycles. The van der Waals surface area contributed by atoms with Crippen LogP contribution in [0.3, 0.4) is 0 Å². The lowest BCUT2D eigenvalue weighted by molar-refractivity contribution is -0.697. The van der Waals surface area contributed by atoms with Gasteiger partial charge in [-0.05, 0) is 62.4 Å². The summed E-state index contributed by atoms with van der Waals surface area (Å²) in [6.07, 6.45) is 15.9. The van der Waals surface area contributed by atoms with Gasteiger partial charge in [0.25, 0.3) is 0 Å². The molecule has 0 radical (unpaired) electrons. The predicted octanol–water partition coefficient (Wildman–Crippen LogP) is 5.87. The molecule has 0 unspecified atom stereocenters. The van der Waals surface area contributed by atoms with Crippen molar-refractivity contribution in [3.8, 4) is 0 Å². The smallest absolute Gasteiger partial charge is 0.411 e. The molecule has 1 amide bonds. The molecule has 0 saturated carbocycles. The average molecular weight is 425 g/mol. The minimum absolute atomic E-state index is 0.403. The molecule has 1 aromatic heterocycles. The fourth-order valence-electron chi connectivity index (χ4n) is 3.36. The summed E-state index contributed by atoms with van der Waals surface area (Å²) in [5.74, 6) is 0. The van der Waals surface area contributed by atoms with Crippen LogP contribution in [-0.2, 0) is 22.5 Å². The van der Waals surface area contributed by atoms with E-state index in [1.165, 1.54) is 37.3 Å². The largest absolute Gasteiger partial charge is 0.449 e. The summed E-state index contributed by atoms with van der Waals surface area (Å²) in [5, 5.41) is 2.66. The third-order valence-electron chi connectivity index (χ3n) is 5.07. The summed E-state index contributed by atoms with van der Waals surface area (Å²) in [6, 6.07) is 10.9. The lowest BCUT2D eigenvalue weighted by Crippen LogP contribution is -2.33. The van der Waals surface area contributed by atoms with Crippen molar-refractivity contribution in [2.45, 2.75) is 71.3 Å². The molecule has 0 atom stereocenters. The maximum absolute atomic E-state index is 11.8. The summed E-state index contributed by atoms with van der Waals surface area (Å²) in [7, 11) is 0. The van der Waals surface area contributed by atoms with E-state index < -0.39 is 6.09 Å². The van der Waals surface area contributed by atoms with Crippen molar-refractivity contribution >= 4 is 23.5 Å². The number of aliphatic imine (C=N–C) groups is 1. The number of amides is 1. The van der Waals surface area contributed by atoms with Crippen LogP contribution in [0.15, 0.2) is 53.8 Å². The quantitative estimate of drug-likeness (QED) is 0.178. The van der Waals surface area contributed by atoms with Crippen molar-refractivity contribution in [3.63, 3.8) is 0 Å². The Morgan fingerprint density at radius 1 is 1.03 bits per heavy atom. The molecule has 2 rings (SSSR count). The number of aryl methyl sites for hydroxylation is 2. The highest BCUT2D eigenvalue weighted by atomic mass is 16.5. The van der Waals surface area contributed by atoms with Crippen LogP contribution in [0.1, 0.15) is 63.9 Å². The maximum Gasteiger partial charge on any atom is 0.411 e. The van der Waals surface area contributed by atoms with Gasteiger partial charge in [0, 0.05) is 23.7 Å². The van der Waals surface area contributed by atoms with Crippen molar-refractivity contribution in [3.05, 3.63) is 54.4 Å². The maximum atomic E-state index is 11.8. The first-order valence-electron chi connectivity index (χ1n) is 11.3. The van der Waals surface area contributed by atoms with Gasteiger partial charge in [-0.25, -0.2) is 14.2 Å². The van der Waals surface area contributed by atoms with Crippen LogP contribution in [0.4, 0.5) is 16.2 Å². The number of carbonyl (C=O) groups is 1. The lowest BCUT2D eigenvalue weighted by Gasteiger charge is -2.07. The Morgan fingerprint density at radius 3 is 2.58 bits per heavy atom. The number of unbranched alkanes of at least 4 members (excludes halogenated alkanes) is 6. The first-order valence-corrected chi connectivity index (χ1v) is 11.3. The Morgan fingerprint density at radius 2 is 1.81 bits per heavy atom. The topological polar surface area (TPSA) is 71.6 Å². The molecule has 0 bridgehead atoms. The number of pyridine rings is 1. The first kappa shape index (κ1) is 24.3. The SMILES string of the molecule is CCCCCCc1ccc[n+](CCCCCCOC(=O)Nc2ccc(N=C=O)cc2)c1. The zero-order chi connectivity index (χ0) is 22.2. The van der Waals surface area contributed by atoms with Crippen LogP contribution in [0.2, 0.25) is 0 Å². The number of aromatic nitrogens is 1. The zero-order valence-electron chi connectivity index (χ0n) is 18.5. The second-order valence-corrected chi connectivity index (χ2v) is 7.69. The fourth-order valence-corrected chi connectivity index (χ4v) is 3.36. The molecule has 31 heavy (non-hydrogen) atoms. The van der Waals surface area contributed by atoms with Gasteiger partial charge in [0.15, 0.2) is 12.4 Å². The molecule has 0 aliphatic heterocycles. The Bertz CT molecular complexity index is 830. The Balaban J connectivity index is 1.54. The molecule has 1 heterocycles.